The van der Waals surface area contributed by atoms with Gasteiger partial charge in [-0.3, -0.25) is 0 Å². The third-order valence-corrected chi connectivity index (χ3v) is 4.59. The number of carbonyl (C=O) groups excluding carboxylic acids is 1. The van der Waals surface area contributed by atoms with Crippen molar-refractivity contribution in [3.63, 3.8) is 0 Å². The molecule has 1 aromatic rings. The Hall–Kier alpha value is -1.71. The predicted molar refractivity (Wildman–Crippen MR) is 122 cm³/mol. The minimum atomic E-state index is -0.507. The van der Waals surface area contributed by atoms with E-state index in [1.807, 2.05) is 20.8 Å². The first-order valence-electron chi connectivity index (χ1n) is 10.6. The van der Waals surface area contributed by atoms with E-state index in [1.54, 1.807) is 0 Å². The Labute approximate surface area is 178 Å². The summed E-state index contributed by atoms with van der Waals surface area (Å²) < 4.78 is 11.6. The summed E-state index contributed by atoms with van der Waals surface area (Å²) in [6.07, 6.45) is -0.420. The van der Waals surface area contributed by atoms with E-state index in [1.165, 1.54) is 16.7 Å². The third-order valence-electron chi connectivity index (χ3n) is 4.59. The van der Waals surface area contributed by atoms with Crippen LogP contribution < -0.4 is 10.1 Å². The summed E-state index contributed by atoms with van der Waals surface area (Å²) in [6, 6.07) is 4.57. The van der Waals surface area contributed by atoms with Gasteiger partial charge in [0.2, 0.25) is 0 Å². The van der Waals surface area contributed by atoms with E-state index < -0.39 is 11.7 Å². The number of hydrogen-bond donors (Lipinski definition) is 1. The van der Waals surface area contributed by atoms with E-state index in [2.05, 4.69) is 79.8 Å². The topological polar surface area (TPSA) is 47.6 Å². The van der Waals surface area contributed by atoms with Gasteiger partial charge in [0.05, 0.1) is 6.54 Å². The largest absolute Gasteiger partial charge is 0.491 e. The molecule has 1 rings (SSSR count). The number of alkyl carbamates (subject to hydrolysis) is 1. The molecule has 1 aromatic carbocycles. The highest BCUT2D eigenvalue weighted by Gasteiger charge is 2.30. The molecule has 4 nitrogen and oxygen atoms in total. The Kier molecular flexibility index (Phi) is 7.49. The van der Waals surface area contributed by atoms with Gasteiger partial charge in [0.1, 0.15) is 18.0 Å². The molecule has 0 saturated carbocycles. The molecule has 1 N–H and O–H groups in total. The molecular weight excluding hydrogens is 362 g/mol. The van der Waals surface area contributed by atoms with Gasteiger partial charge in [0.25, 0.3) is 0 Å². The van der Waals surface area contributed by atoms with E-state index >= 15 is 0 Å². The molecule has 166 valence electrons. The van der Waals surface area contributed by atoms with Crippen LogP contribution in [0.2, 0.25) is 0 Å². The molecular formula is C25H43NO3. The highest BCUT2D eigenvalue weighted by atomic mass is 16.6. The van der Waals surface area contributed by atoms with Gasteiger partial charge >= 0.3 is 6.09 Å². The molecule has 0 aliphatic carbocycles. The van der Waals surface area contributed by atoms with Crippen molar-refractivity contribution in [2.75, 3.05) is 13.2 Å². The van der Waals surface area contributed by atoms with Gasteiger partial charge in [-0.05, 0) is 42.6 Å². The van der Waals surface area contributed by atoms with E-state index in [0.717, 1.165) is 5.75 Å². The molecule has 0 spiro atoms. The molecule has 0 fully saturated rings. The number of rotatable bonds is 4. The van der Waals surface area contributed by atoms with Crippen molar-refractivity contribution in [3.05, 3.63) is 28.8 Å². The van der Waals surface area contributed by atoms with Gasteiger partial charge in [-0.25, -0.2) is 4.79 Å². The van der Waals surface area contributed by atoms with Crippen LogP contribution in [0, 0.1) is 0 Å². The standard InChI is InChI=1S/C25H43NO3/c1-22(2,3)17-15-18(23(4,5)6)20(19(16-17)24(7,8)9)28-14-13-26-21(27)29-25(10,11)12/h15-16H,13-14H2,1-12H3,(H,26,27). The monoisotopic (exact) mass is 405 g/mol. The molecule has 0 radical (unpaired) electrons. The minimum absolute atomic E-state index is 0.0524. The average Bonchev–Trinajstić information content (AvgIpc) is 2.46. The molecule has 29 heavy (non-hydrogen) atoms. The smallest absolute Gasteiger partial charge is 0.407 e. The molecule has 0 bridgehead atoms. The average molecular weight is 406 g/mol. The van der Waals surface area contributed by atoms with Gasteiger partial charge in [-0.2, -0.15) is 0 Å². The van der Waals surface area contributed by atoms with Crippen LogP contribution in [0.1, 0.15) is 99.8 Å². The highest BCUT2D eigenvalue weighted by Crippen LogP contribution is 2.42. The number of amides is 1. The molecule has 0 aliphatic rings. The van der Waals surface area contributed by atoms with E-state index in [-0.39, 0.29) is 16.2 Å². The number of nitrogens with one attached hydrogen (secondary N) is 1. The molecule has 0 saturated heterocycles. The molecule has 0 unspecified atom stereocenters. The summed E-state index contributed by atoms with van der Waals surface area (Å²) in [5, 5.41) is 2.78. The zero-order valence-corrected chi connectivity index (χ0v) is 20.8. The maximum Gasteiger partial charge on any atom is 0.407 e. The fraction of sp³-hybridized carbons (Fsp3) is 0.720. The van der Waals surface area contributed by atoms with Crippen molar-refractivity contribution in [3.8, 4) is 5.75 Å². The summed E-state index contributed by atoms with van der Waals surface area (Å²) in [5.41, 5.74) is 3.14. The lowest BCUT2D eigenvalue weighted by atomic mass is 9.75. The van der Waals surface area contributed by atoms with Gasteiger partial charge < -0.3 is 14.8 Å². The van der Waals surface area contributed by atoms with E-state index in [9.17, 15) is 4.79 Å². The van der Waals surface area contributed by atoms with E-state index in [0.29, 0.717) is 13.2 Å². The Morgan fingerprint density at radius 1 is 0.793 bits per heavy atom. The summed E-state index contributed by atoms with van der Waals surface area (Å²) in [7, 11) is 0. The molecule has 0 atom stereocenters. The summed E-state index contributed by atoms with van der Waals surface area (Å²) in [5.74, 6) is 0.934. The first-order valence-corrected chi connectivity index (χ1v) is 10.6. The van der Waals surface area contributed by atoms with Crippen LogP contribution in [0.3, 0.4) is 0 Å². The molecule has 0 aromatic heterocycles. The number of hydrogen-bond acceptors (Lipinski definition) is 3. The third kappa shape index (κ3) is 7.91. The van der Waals surface area contributed by atoms with Crippen LogP contribution in [0.4, 0.5) is 4.79 Å². The maximum absolute atomic E-state index is 11.9. The van der Waals surface area contributed by atoms with Gasteiger partial charge in [0.15, 0.2) is 0 Å². The van der Waals surface area contributed by atoms with E-state index in [4.69, 9.17) is 9.47 Å². The Morgan fingerprint density at radius 3 is 1.59 bits per heavy atom. The lowest BCUT2D eigenvalue weighted by molar-refractivity contribution is 0.0520. The lowest BCUT2D eigenvalue weighted by Gasteiger charge is -2.33. The lowest BCUT2D eigenvalue weighted by Crippen LogP contribution is -2.35. The minimum Gasteiger partial charge on any atom is -0.491 e. The second kappa shape index (κ2) is 8.57. The quantitative estimate of drug-likeness (QED) is 0.583. The second-order valence-electron chi connectivity index (χ2n) is 11.9. The van der Waals surface area contributed by atoms with Crippen LogP contribution in [0.25, 0.3) is 0 Å². The summed E-state index contributed by atoms with van der Waals surface area (Å²) >= 11 is 0. The number of ether oxygens (including phenoxy) is 2. The summed E-state index contributed by atoms with van der Waals surface area (Å²) in [6.45, 7) is 26.4. The zero-order valence-electron chi connectivity index (χ0n) is 20.8. The van der Waals surface area contributed by atoms with Crippen molar-refractivity contribution in [2.24, 2.45) is 0 Å². The van der Waals surface area contributed by atoms with Crippen molar-refractivity contribution < 1.29 is 14.3 Å². The van der Waals surface area contributed by atoms with Gasteiger partial charge in [0, 0.05) is 11.1 Å². The SMILES string of the molecule is CC(C)(C)OC(=O)NCCOc1c(C(C)(C)C)cc(C(C)(C)C)cc1C(C)(C)C. The fourth-order valence-electron chi connectivity index (χ4n) is 2.95. The predicted octanol–water partition coefficient (Wildman–Crippen LogP) is 6.48. The number of benzene rings is 1. The van der Waals surface area contributed by atoms with Crippen LogP contribution in [-0.2, 0) is 21.0 Å². The molecule has 4 heteroatoms. The summed E-state index contributed by atoms with van der Waals surface area (Å²) in [4.78, 5) is 11.9. The van der Waals surface area contributed by atoms with Crippen molar-refractivity contribution in [1.29, 1.82) is 0 Å². The first kappa shape index (κ1) is 25.3. The Bertz CT molecular complexity index is 673. The van der Waals surface area contributed by atoms with Crippen LogP contribution in [-0.4, -0.2) is 24.8 Å². The number of carbonyl (C=O) groups is 1. The fourth-order valence-corrected chi connectivity index (χ4v) is 2.95. The van der Waals surface area contributed by atoms with Crippen LogP contribution in [0.15, 0.2) is 12.1 Å². The van der Waals surface area contributed by atoms with Crippen molar-refractivity contribution >= 4 is 6.09 Å². The molecule has 0 heterocycles. The zero-order chi connectivity index (χ0) is 22.8. The highest BCUT2D eigenvalue weighted by molar-refractivity contribution is 5.67. The molecule has 1 amide bonds. The van der Waals surface area contributed by atoms with Crippen LogP contribution >= 0.6 is 0 Å². The van der Waals surface area contributed by atoms with Gasteiger partial charge in [-0.15, -0.1) is 0 Å². The maximum atomic E-state index is 11.9. The Balaban J connectivity index is 3.19. The van der Waals surface area contributed by atoms with Gasteiger partial charge in [-0.1, -0.05) is 74.4 Å². The normalized spacial score (nSPS) is 13.2. The second-order valence-corrected chi connectivity index (χ2v) is 11.9. The van der Waals surface area contributed by atoms with Crippen LogP contribution in [0.5, 0.6) is 5.75 Å². The first-order chi connectivity index (χ1) is 12.8. The molecule has 0 aliphatic heterocycles. The van der Waals surface area contributed by atoms with Crippen molar-refractivity contribution in [2.45, 2.75) is 105 Å². The van der Waals surface area contributed by atoms with Crippen molar-refractivity contribution in [1.82, 2.24) is 5.32 Å². The Morgan fingerprint density at radius 2 is 1.24 bits per heavy atom.